The highest BCUT2D eigenvalue weighted by molar-refractivity contribution is 7.19. The molecule has 0 bridgehead atoms. The summed E-state index contributed by atoms with van der Waals surface area (Å²) < 4.78 is 0. The van der Waals surface area contributed by atoms with E-state index in [4.69, 9.17) is 5.26 Å². The lowest BCUT2D eigenvalue weighted by atomic mass is 9.85. The van der Waals surface area contributed by atoms with E-state index in [1.54, 1.807) is 30.1 Å². The third-order valence-electron chi connectivity index (χ3n) is 6.14. The van der Waals surface area contributed by atoms with E-state index in [0.29, 0.717) is 18.9 Å². The summed E-state index contributed by atoms with van der Waals surface area (Å²) in [6.45, 7) is 1.14. The number of hydrogen-bond donors (Lipinski definition) is 2. The van der Waals surface area contributed by atoms with E-state index in [2.05, 4.69) is 36.5 Å². The minimum absolute atomic E-state index is 0.00814. The van der Waals surface area contributed by atoms with Gasteiger partial charge in [0.05, 0.1) is 35.3 Å². The largest absolute Gasteiger partial charge is 0.340 e. The number of rotatable bonds is 3. The van der Waals surface area contributed by atoms with E-state index in [-0.39, 0.29) is 17.7 Å². The minimum atomic E-state index is -0.0188. The second-order valence-corrected chi connectivity index (χ2v) is 9.15. The molecule has 5 heterocycles. The van der Waals surface area contributed by atoms with Crippen molar-refractivity contribution < 1.29 is 4.79 Å². The third kappa shape index (κ3) is 3.00. The Balaban J connectivity index is 1.28. The summed E-state index contributed by atoms with van der Waals surface area (Å²) in [5.74, 6) is 1.59. The van der Waals surface area contributed by atoms with Crippen molar-refractivity contribution in [2.75, 3.05) is 18.4 Å². The van der Waals surface area contributed by atoms with Gasteiger partial charge in [-0.15, -0.1) is 11.3 Å². The molecule has 1 aliphatic heterocycles. The second kappa shape index (κ2) is 6.99. The van der Waals surface area contributed by atoms with Crippen molar-refractivity contribution in [1.29, 1.82) is 5.26 Å². The zero-order valence-electron chi connectivity index (χ0n) is 16.5. The molecule has 1 saturated heterocycles. The fraction of sp³-hybridized carbons (Fsp3) is 0.333. The number of carbonyl (C=O) groups excluding carboxylic acids is 1. The van der Waals surface area contributed by atoms with Crippen molar-refractivity contribution in [3.05, 3.63) is 35.2 Å². The zero-order valence-corrected chi connectivity index (χ0v) is 17.3. The Morgan fingerprint density at radius 2 is 2.19 bits per heavy atom. The minimum Gasteiger partial charge on any atom is -0.340 e. The maximum atomic E-state index is 12.8. The summed E-state index contributed by atoms with van der Waals surface area (Å²) in [6.07, 6.45) is 7.42. The lowest BCUT2D eigenvalue weighted by Gasteiger charge is -2.38. The Labute approximate surface area is 181 Å². The van der Waals surface area contributed by atoms with Crippen LogP contribution < -0.4 is 5.32 Å². The molecular formula is C21H18N8OS. The summed E-state index contributed by atoms with van der Waals surface area (Å²) in [4.78, 5) is 30.2. The number of amides is 1. The van der Waals surface area contributed by atoms with Crippen LogP contribution in [0.25, 0.3) is 21.1 Å². The van der Waals surface area contributed by atoms with Crippen LogP contribution in [-0.4, -0.2) is 49.0 Å². The SMILES string of the molecule is N#CC1CN(C(=O)[C@H]2CCc3c(sc4ncnc(Nc5cc6cn[nH]c6cn5)c34)C2)C1. The first-order valence-electron chi connectivity index (χ1n) is 10.2. The number of aromatic nitrogens is 5. The van der Waals surface area contributed by atoms with Crippen molar-refractivity contribution >= 4 is 50.0 Å². The highest BCUT2D eigenvalue weighted by Crippen LogP contribution is 2.41. The van der Waals surface area contributed by atoms with Gasteiger partial charge in [0.15, 0.2) is 0 Å². The van der Waals surface area contributed by atoms with E-state index in [1.807, 2.05) is 11.0 Å². The predicted octanol–water partition coefficient (Wildman–Crippen LogP) is 2.79. The van der Waals surface area contributed by atoms with Gasteiger partial charge in [-0.1, -0.05) is 0 Å². The van der Waals surface area contributed by atoms with Crippen molar-refractivity contribution in [2.24, 2.45) is 11.8 Å². The van der Waals surface area contributed by atoms with E-state index >= 15 is 0 Å². The molecule has 1 fully saturated rings. The smallest absolute Gasteiger partial charge is 0.226 e. The topological polar surface area (TPSA) is 123 Å². The van der Waals surface area contributed by atoms with E-state index in [0.717, 1.165) is 46.2 Å². The molecule has 4 aromatic rings. The van der Waals surface area contributed by atoms with Crippen LogP contribution in [0.15, 0.2) is 24.8 Å². The Morgan fingerprint density at radius 1 is 1.29 bits per heavy atom. The molecule has 1 atom stereocenters. The molecule has 6 rings (SSSR count). The molecule has 154 valence electrons. The molecule has 0 aromatic carbocycles. The molecule has 0 spiro atoms. The first-order chi connectivity index (χ1) is 15.2. The van der Waals surface area contributed by atoms with Crippen LogP contribution in [0.5, 0.6) is 0 Å². The van der Waals surface area contributed by atoms with Gasteiger partial charge in [0, 0.05) is 29.3 Å². The Bertz CT molecular complexity index is 1360. The highest BCUT2D eigenvalue weighted by Gasteiger charge is 2.37. The fourth-order valence-corrected chi connectivity index (χ4v) is 5.71. The van der Waals surface area contributed by atoms with Crippen LogP contribution in [-0.2, 0) is 17.6 Å². The van der Waals surface area contributed by atoms with Gasteiger partial charge in [0.1, 0.15) is 22.8 Å². The maximum absolute atomic E-state index is 12.8. The molecule has 31 heavy (non-hydrogen) atoms. The monoisotopic (exact) mass is 430 g/mol. The average Bonchev–Trinajstić information content (AvgIpc) is 3.36. The van der Waals surface area contributed by atoms with Crippen LogP contribution >= 0.6 is 11.3 Å². The number of nitrogens with zero attached hydrogens (tertiary/aromatic N) is 6. The quantitative estimate of drug-likeness (QED) is 0.512. The predicted molar refractivity (Wildman–Crippen MR) is 116 cm³/mol. The lowest BCUT2D eigenvalue weighted by Crippen LogP contribution is -2.52. The number of hydrogen-bond acceptors (Lipinski definition) is 8. The first kappa shape index (κ1) is 18.2. The number of aryl methyl sites for hydroxylation is 1. The molecule has 10 heteroatoms. The molecule has 0 radical (unpaired) electrons. The molecule has 2 N–H and O–H groups in total. The van der Waals surface area contributed by atoms with Crippen LogP contribution in [0.3, 0.4) is 0 Å². The van der Waals surface area contributed by atoms with Crippen molar-refractivity contribution in [2.45, 2.75) is 19.3 Å². The Morgan fingerprint density at radius 3 is 3.06 bits per heavy atom. The summed E-state index contributed by atoms with van der Waals surface area (Å²) in [5.41, 5.74) is 2.11. The molecule has 0 unspecified atom stereocenters. The molecule has 0 saturated carbocycles. The van der Waals surface area contributed by atoms with Gasteiger partial charge >= 0.3 is 0 Å². The molecule has 2 aliphatic rings. The van der Waals surface area contributed by atoms with Gasteiger partial charge in [-0.2, -0.15) is 10.4 Å². The number of fused-ring (bicyclic) bond motifs is 4. The lowest BCUT2D eigenvalue weighted by molar-refractivity contribution is -0.141. The van der Waals surface area contributed by atoms with Crippen LogP contribution in [0.2, 0.25) is 0 Å². The summed E-state index contributed by atoms with van der Waals surface area (Å²) in [5, 5.41) is 21.2. The van der Waals surface area contributed by atoms with E-state index in [1.165, 1.54) is 10.4 Å². The molecule has 4 aromatic heterocycles. The van der Waals surface area contributed by atoms with Crippen molar-refractivity contribution in [1.82, 2.24) is 30.0 Å². The number of nitrogens with one attached hydrogen (secondary N) is 2. The van der Waals surface area contributed by atoms with Crippen molar-refractivity contribution in [3.8, 4) is 6.07 Å². The first-order valence-corrected chi connectivity index (χ1v) is 11.0. The number of nitriles is 1. The maximum Gasteiger partial charge on any atom is 0.226 e. The standard InChI is InChI=1S/C21H18N8OS/c22-5-11-8-29(9-11)21(30)12-1-2-14-16(3-12)31-20-18(14)19(24-10-25-20)27-17-4-13-6-26-28-15(13)7-23-17/h4,6-7,10-12H,1-3,8-9H2,(H,26,28)(H,23,24,25,27)/t12-/m0/s1. The van der Waals surface area contributed by atoms with E-state index in [9.17, 15) is 4.79 Å². The van der Waals surface area contributed by atoms with E-state index < -0.39 is 0 Å². The summed E-state index contributed by atoms with van der Waals surface area (Å²) in [6, 6.07) is 4.17. The number of thiophene rings is 1. The zero-order chi connectivity index (χ0) is 20.9. The summed E-state index contributed by atoms with van der Waals surface area (Å²) >= 11 is 1.64. The average molecular weight is 430 g/mol. The normalized spacial score (nSPS) is 18.5. The Hall–Kier alpha value is -3.58. The van der Waals surface area contributed by atoms with Gasteiger partial charge in [0.25, 0.3) is 0 Å². The molecule has 9 nitrogen and oxygen atoms in total. The number of H-pyrrole nitrogens is 1. The Kier molecular flexibility index (Phi) is 4.11. The van der Waals surface area contributed by atoms with Crippen LogP contribution in [0.1, 0.15) is 16.9 Å². The third-order valence-corrected chi connectivity index (χ3v) is 7.30. The highest BCUT2D eigenvalue weighted by atomic mass is 32.1. The van der Waals surface area contributed by atoms with Gasteiger partial charge in [-0.25, -0.2) is 15.0 Å². The summed E-state index contributed by atoms with van der Waals surface area (Å²) in [7, 11) is 0. The molecule has 1 aliphatic carbocycles. The number of pyridine rings is 1. The second-order valence-electron chi connectivity index (χ2n) is 8.07. The molecule has 1 amide bonds. The van der Waals surface area contributed by atoms with Crippen LogP contribution in [0, 0.1) is 23.2 Å². The van der Waals surface area contributed by atoms with Gasteiger partial charge < -0.3 is 10.2 Å². The van der Waals surface area contributed by atoms with Gasteiger partial charge in [-0.05, 0) is 30.9 Å². The van der Waals surface area contributed by atoms with Gasteiger partial charge in [-0.3, -0.25) is 9.89 Å². The van der Waals surface area contributed by atoms with Gasteiger partial charge in [0.2, 0.25) is 5.91 Å². The number of aromatic amines is 1. The fourth-order valence-electron chi connectivity index (χ4n) is 4.45. The molecular weight excluding hydrogens is 412 g/mol. The number of carbonyl (C=O) groups is 1. The number of anilines is 2. The number of likely N-dealkylation sites (tertiary alicyclic amines) is 1. The van der Waals surface area contributed by atoms with Crippen LogP contribution in [0.4, 0.5) is 11.6 Å². The van der Waals surface area contributed by atoms with Crippen molar-refractivity contribution in [3.63, 3.8) is 0 Å².